The maximum Gasteiger partial charge on any atom is 0.486 e. The van der Waals surface area contributed by atoms with E-state index in [1.807, 2.05) is 30.3 Å². The molecule has 1 saturated heterocycles. The molecule has 0 saturated carbocycles. The molecule has 1 aliphatic rings. The smallest absolute Gasteiger partial charge is 0.390 e. The van der Waals surface area contributed by atoms with Crippen LogP contribution in [0.2, 0.25) is 0 Å². The molecule has 1 aromatic carbocycles. The van der Waals surface area contributed by atoms with Gasteiger partial charge in [-0.15, -0.1) is 0 Å². The fourth-order valence-corrected chi connectivity index (χ4v) is 1.91. The minimum Gasteiger partial charge on any atom is -0.390 e. The summed E-state index contributed by atoms with van der Waals surface area (Å²) in [5, 5.41) is 8.92. The minimum atomic E-state index is -0.237. The molecule has 15 heavy (non-hydrogen) atoms. The molecule has 0 amide bonds. The average Bonchev–Trinajstić information content (AvgIpc) is 2.61. The fourth-order valence-electron chi connectivity index (χ4n) is 1.91. The lowest BCUT2D eigenvalue weighted by atomic mass is 9.96. The molecule has 1 aromatic rings. The molecule has 0 aliphatic carbocycles. The van der Waals surface area contributed by atoms with Crippen LogP contribution in [0.15, 0.2) is 30.3 Å². The molecule has 3 heteroatoms. The number of carbonyl (C=O) groups excluding carboxylic acids is 1. The second kappa shape index (κ2) is 4.45. The summed E-state index contributed by atoms with van der Waals surface area (Å²) < 4.78 is 5.12. The number of rotatable bonds is 3. The van der Waals surface area contributed by atoms with E-state index in [-0.39, 0.29) is 24.6 Å². The van der Waals surface area contributed by atoms with Crippen LogP contribution in [0.25, 0.3) is 0 Å². The molecule has 80 valence electrons. The molecule has 0 aromatic heterocycles. The predicted octanol–water partition coefficient (Wildman–Crippen LogP) is 1.13. The highest BCUT2D eigenvalue weighted by Gasteiger charge is 2.41. The molecule has 0 spiro atoms. The first-order valence-electron chi connectivity index (χ1n) is 5.17. The Morgan fingerprint density at radius 3 is 2.67 bits per heavy atom. The van der Waals surface area contributed by atoms with Crippen molar-refractivity contribution in [3.63, 3.8) is 0 Å². The Balaban J connectivity index is 1.99. The SMILES string of the molecule is OCC1C[C@@H](Cc2ccccc2)C(=[OH+])O1. The van der Waals surface area contributed by atoms with Crippen LogP contribution < -0.4 is 0 Å². The average molecular weight is 207 g/mol. The van der Waals surface area contributed by atoms with Gasteiger partial charge in [-0.25, -0.2) is 0 Å². The van der Waals surface area contributed by atoms with Crippen molar-refractivity contribution < 1.29 is 14.6 Å². The van der Waals surface area contributed by atoms with Crippen molar-refractivity contribution in [3.8, 4) is 0 Å². The van der Waals surface area contributed by atoms with Gasteiger partial charge in [-0.2, -0.15) is 0 Å². The van der Waals surface area contributed by atoms with Crippen LogP contribution in [0.5, 0.6) is 0 Å². The molecule has 2 atom stereocenters. The first-order valence-corrected chi connectivity index (χ1v) is 5.17. The van der Waals surface area contributed by atoms with Crippen molar-refractivity contribution in [2.24, 2.45) is 5.92 Å². The highest BCUT2D eigenvalue weighted by molar-refractivity contribution is 5.76. The Labute approximate surface area is 88.7 Å². The molecule has 1 fully saturated rings. The Bertz CT molecular complexity index is 334. The maximum absolute atomic E-state index is 9.54. The number of aliphatic hydroxyl groups is 1. The zero-order chi connectivity index (χ0) is 10.7. The third-order valence-electron chi connectivity index (χ3n) is 2.71. The highest BCUT2D eigenvalue weighted by atomic mass is 16.6. The molecule has 2 rings (SSSR count). The molecule has 1 aliphatic heterocycles. The Morgan fingerprint density at radius 1 is 1.33 bits per heavy atom. The summed E-state index contributed by atoms with van der Waals surface area (Å²) in [7, 11) is 0. The van der Waals surface area contributed by atoms with E-state index >= 15 is 0 Å². The van der Waals surface area contributed by atoms with E-state index < -0.39 is 0 Å². The molecule has 0 radical (unpaired) electrons. The van der Waals surface area contributed by atoms with Crippen molar-refractivity contribution >= 4 is 5.97 Å². The Kier molecular flexibility index (Phi) is 3.02. The van der Waals surface area contributed by atoms with E-state index in [0.29, 0.717) is 6.42 Å². The van der Waals surface area contributed by atoms with Gasteiger partial charge < -0.3 is 14.6 Å². The number of cyclic esters (lactones) is 1. The summed E-state index contributed by atoms with van der Waals surface area (Å²) >= 11 is 0. The van der Waals surface area contributed by atoms with E-state index in [0.717, 1.165) is 6.42 Å². The number of hydrogen-bond donors (Lipinski definition) is 1. The van der Waals surface area contributed by atoms with E-state index in [1.54, 1.807) is 0 Å². The van der Waals surface area contributed by atoms with Crippen LogP contribution in [0.1, 0.15) is 12.0 Å². The van der Waals surface area contributed by atoms with Crippen LogP contribution in [0, 0.1) is 5.92 Å². The molecule has 3 nitrogen and oxygen atoms in total. The molecular formula is C12H15O3+. The van der Waals surface area contributed by atoms with Crippen LogP contribution in [-0.2, 0) is 11.2 Å². The summed E-state index contributed by atoms with van der Waals surface area (Å²) in [6, 6.07) is 9.98. The standard InChI is InChI=1S/C12H14O3/c13-8-11-7-10(12(14)15-11)6-9-4-2-1-3-5-9/h1-5,10-11,13H,6-8H2/p+1/t10-,11?/m1/s1. The van der Waals surface area contributed by atoms with Crippen LogP contribution in [-0.4, -0.2) is 28.6 Å². The number of aliphatic hydroxyl groups excluding tert-OH is 1. The Hall–Kier alpha value is -1.35. The van der Waals surface area contributed by atoms with Gasteiger partial charge in [0, 0.05) is 6.42 Å². The third kappa shape index (κ3) is 2.36. The van der Waals surface area contributed by atoms with Gasteiger partial charge in [-0.05, 0) is 12.0 Å². The van der Waals surface area contributed by atoms with Crippen LogP contribution in [0.3, 0.4) is 0 Å². The number of benzene rings is 1. The van der Waals surface area contributed by atoms with Gasteiger partial charge in [0.1, 0.15) is 12.5 Å². The monoisotopic (exact) mass is 207 g/mol. The topological polar surface area (TPSA) is 50.9 Å². The van der Waals surface area contributed by atoms with E-state index in [2.05, 4.69) is 0 Å². The first-order chi connectivity index (χ1) is 7.29. The van der Waals surface area contributed by atoms with Gasteiger partial charge in [0.2, 0.25) is 6.10 Å². The molecular weight excluding hydrogens is 192 g/mol. The number of hydrogen-bond acceptors (Lipinski definition) is 2. The van der Waals surface area contributed by atoms with Gasteiger partial charge >= 0.3 is 5.97 Å². The van der Waals surface area contributed by atoms with Gasteiger partial charge in [0.05, 0.1) is 0 Å². The van der Waals surface area contributed by atoms with E-state index in [4.69, 9.17) is 9.84 Å². The first kappa shape index (κ1) is 10.2. The second-order valence-electron chi connectivity index (χ2n) is 3.88. The van der Waals surface area contributed by atoms with Gasteiger partial charge in [0.25, 0.3) is 0 Å². The van der Waals surface area contributed by atoms with Crippen molar-refractivity contribution in [3.05, 3.63) is 35.9 Å². The van der Waals surface area contributed by atoms with Crippen molar-refractivity contribution in [2.45, 2.75) is 18.9 Å². The van der Waals surface area contributed by atoms with Crippen LogP contribution in [0.4, 0.5) is 0 Å². The second-order valence-corrected chi connectivity index (χ2v) is 3.88. The lowest BCUT2D eigenvalue weighted by Crippen LogP contribution is -2.11. The summed E-state index contributed by atoms with van der Waals surface area (Å²) in [5.74, 6) is 0.0856. The summed E-state index contributed by atoms with van der Waals surface area (Å²) in [6.07, 6.45) is 1.22. The summed E-state index contributed by atoms with van der Waals surface area (Å²) in [6.45, 7) is -0.0324. The normalized spacial score (nSPS) is 25.3. The highest BCUT2D eigenvalue weighted by Crippen LogP contribution is 2.24. The summed E-state index contributed by atoms with van der Waals surface area (Å²) in [5.41, 5.74) is 1.18. The lowest BCUT2D eigenvalue weighted by Gasteiger charge is -2.01. The molecule has 0 bridgehead atoms. The van der Waals surface area contributed by atoms with Crippen molar-refractivity contribution in [2.75, 3.05) is 6.61 Å². The Morgan fingerprint density at radius 2 is 2.07 bits per heavy atom. The van der Waals surface area contributed by atoms with E-state index in [1.165, 1.54) is 5.56 Å². The minimum absolute atomic E-state index is 0.0181. The maximum atomic E-state index is 9.54. The largest absolute Gasteiger partial charge is 0.486 e. The zero-order valence-electron chi connectivity index (χ0n) is 8.47. The van der Waals surface area contributed by atoms with Crippen LogP contribution >= 0.6 is 0 Å². The summed E-state index contributed by atoms with van der Waals surface area (Å²) in [4.78, 5) is 9.54. The molecule has 1 unspecified atom stereocenters. The van der Waals surface area contributed by atoms with E-state index in [9.17, 15) is 4.79 Å². The zero-order valence-corrected chi connectivity index (χ0v) is 8.47. The van der Waals surface area contributed by atoms with Crippen molar-refractivity contribution in [1.29, 1.82) is 0 Å². The predicted molar refractivity (Wildman–Crippen MR) is 57.2 cm³/mol. The quantitative estimate of drug-likeness (QED) is 0.596. The lowest BCUT2D eigenvalue weighted by molar-refractivity contribution is 0.117. The van der Waals surface area contributed by atoms with Gasteiger partial charge in [-0.1, -0.05) is 30.3 Å². The van der Waals surface area contributed by atoms with Crippen molar-refractivity contribution in [1.82, 2.24) is 0 Å². The molecule has 2 N–H and O–H groups in total. The third-order valence-corrected chi connectivity index (χ3v) is 2.71. The number of ether oxygens (including phenoxy) is 1. The number of esters is 1. The van der Waals surface area contributed by atoms with Gasteiger partial charge in [-0.3, -0.25) is 0 Å². The molecule has 1 heterocycles. The van der Waals surface area contributed by atoms with Gasteiger partial charge in [0.15, 0.2) is 0 Å². The fraction of sp³-hybridized carbons (Fsp3) is 0.417.